The molecule has 0 atom stereocenters. The second-order valence-corrected chi connectivity index (χ2v) is 7.48. The molecule has 0 bridgehead atoms. The summed E-state index contributed by atoms with van der Waals surface area (Å²) in [4.78, 5) is 24.4. The molecule has 0 amide bonds. The Morgan fingerprint density at radius 3 is 1.39 bits per heavy atom. The van der Waals surface area contributed by atoms with Crippen LogP contribution in [-0.2, 0) is 0 Å². The number of ketones is 2. The molecule has 0 aliphatic carbocycles. The molecule has 0 unspecified atom stereocenters. The molecule has 2 rings (SSSR count). The third-order valence-electron chi connectivity index (χ3n) is 2.90. The van der Waals surface area contributed by atoms with E-state index in [1.54, 1.807) is 24.3 Å². The summed E-state index contributed by atoms with van der Waals surface area (Å²) in [5.74, 6) is -0.0829. The SMILES string of the molecule is O=C(c1ccccc1)[CH]([InH2])C(=O)c1ccccc1. The molecule has 3 heteroatoms. The van der Waals surface area contributed by atoms with E-state index >= 15 is 0 Å². The first-order valence-electron chi connectivity index (χ1n) is 5.88. The maximum absolute atomic E-state index is 12.2. The fourth-order valence-electron chi connectivity index (χ4n) is 1.82. The first-order valence-corrected chi connectivity index (χ1v) is 9.18. The van der Waals surface area contributed by atoms with Crippen LogP contribution in [0.4, 0.5) is 0 Å². The summed E-state index contributed by atoms with van der Waals surface area (Å²) in [6, 6.07) is 18.1. The van der Waals surface area contributed by atoms with Gasteiger partial charge in [-0.25, -0.2) is 0 Å². The summed E-state index contributed by atoms with van der Waals surface area (Å²) >= 11 is -0.0513. The molecular formula is C15H13InO2. The summed E-state index contributed by atoms with van der Waals surface area (Å²) < 4.78 is -0.434. The van der Waals surface area contributed by atoms with Crippen LogP contribution in [0.15, 0.2) is 60.7 Å². The Morgan fingerprint density at radius 1 is 0.722 bits per heavy atom. The van der Waals surface area contributed by atoms with E-state index in [0.717, 1.165) is 0 Å². The molecule has 0 spiro atoms. The second kappa shape index (κ2) is 6.01. The molecule has 0 aromatic heterocycles. The molecule has 0 aliphatic heterocycles. The number of hydrogen-bond acceptors (Lipinski definition) is 2. The van der Waals surface area contributed by atoms with Crippen LogP contribution in [0.25, 0.3) is 0 Å². The predicted molar refractivity (Wildman–Crippen MR) is 73.8 cm³/mol. The van der Waals surface area contributed by atoms with E-state index < -0.39 is 3.67 Å². The van der Waals surface area contributed by atoms with Gasteiger partial charge in [0.1, 0.15) is 0 Å². The number of carbonyl (C=O) groups is 2. The van der Waals surface area contributed by atoms with Gasteiger partial charge in [0.2, 0.25) is 0 Å². The third-order valence-corrected chi connectivity index (χ3v) is 5.90. The minimum absolute atomic E-state index is 0.0414. The Hall–Kier alpha value is -1.35. The Labute approximate surface area is 121 Å². The molecule has 0 aliphatic rings. The van der Waals surface area contributed by atoms with Crippen molar-refractivity contribution in [2.75, 3.05) is 0 Å². The average molecular weight is 340 g/mol. The van der Waals surface area contributed by atoms with Gasteiger partial charge in [0.25, 0.3) is 0 Å². The van der Waals surface area contributed by atoms with Gasteiger partial charge in [-0.1, -0.05) is 0 Å². The summed E-state index contributed by atoms with van der Waals surface area (Å²) in [5.41, 5.74) is 1.26. The zero-order valence-electron chi connectivity index (χ0n) is 10.2. The van der Waals surface area contributed by atoms with E-state index in [1.807, 2.05) is 36.4 Å². The molecule has 2 aromatic rings. The van der Waals surface area contributed by atoms with Gasteiger partial charge in [0, 0.05) is 0 Å². The predicted octanol–water partition coefficient (Wildman–Crippen LogP) is 2.17. The quantitative estimate of drug-likeness (QED) is 0.632. The van der Waals surface area contributed by atoms with E-state index in [0.29, 0.717) is 11.1 Å². The molecule has 2 nitrogen and oxygen atoms in total. The summed E-state index contributed by atoms with van der Waals surface area (Å²) in [7, 11) is 0. The van der Waals surface area contributed by atoms with Gasteiger partial charge in [0.05, 0.1) is 0 Å². The molecule has 88 valence electrons. The molecule has 0 heterocycles. The first-order chi connectivity index (χ1) is 8.70. The van der Waals surface area contributed by atoms with E-state index in [1.165, 1.54) is 0 Å². The summed E-state index contributed by atoms with van der Waals surface area (Å²) in [5, 5.41) is 0. The Bertz CT molecular complexity index is 498. The van der Waals surface area contributed by atoms with Crippen LogP contribution in [0.5, 0.6) is 0 Å². The van der Waals surface area contributed by atoms with Gasteiger partial charge < -0.3 is 0 Å². The van der Waals surface area contributed by atoms with Crippen molar-refractivity contribution in [1.82, 2.24) is 0 Å². The van der Waals surface area contributed by atoms with Gasteiger partial charge >= 0.3 is 121 Å². The Balaban J connectivity index is 2.20. The van der Waals surface area contributed by atoms with Gasteiger partial charge in [-0.3, -0.25) is 0 Å². The van der Waals surface area contributed by atoms with Crippen LogP contribution >= 0.6 is 0 Å². The van der Waals surface area contributed by atoms with E-state index in [9.17, 15) is 9.59 Å². The number of hydrogen-bond donors (Lipinski definition) is 0. The van der Waals surface area contributed by atoms with Crippen LogP contribution in [0.2, 0.25) is 3.67 Å². The molecular weight excluding hydrogens is 327 g/mol. The van der Waals surface area contributed by atoms with Crippen LogP contribution in [-0.4, -0.2) is 35.9 Å². The van der Waals surface area contributed by atoms with Crippen LogP contribution < -0.4 is 0 Å². The van der Waals surface area contributed by atoms with Crippen molar-refractivity contribution in [3.8, 4) is 0 Å². The van der Waals surface area contributed by atoms with Crippen LogP contribution in [0.1, 0.15) is 20.7 Å². The molecule has 2 aromatic carbocycles. The van der Waals surface area contributed by atoms with Crippen molar-refractivity contribution < 1.29 is 9.59 Å². The standard InChI is InChI=1S/C15H11O2.In.2H/c16-14(12-7-3-1-4-8-12)11-15(17)13-9-5-2-6-10-13;;;/h1-11H;;;. The second-order valence-electron chi connectivity index (χ2n) is 4.18. The van der Waals surface area contributed by atoms with E-state index in [2.05, 4.69) is 0 Å². The van der Waals surface area contributed by atoms with Gasteiger partial charge in [-0.15, -0.1) is 0 Å². The molecule has 0 N–H and O–H groups in total. The van der Waals surface area contributed by atoms with Gasteiger partial charge in [-0.05, 0) is 0 Å². The van der Waals surface area contributed by atoms with E-state index in [-0.39, 0.29) is 35.9 Å². The van der Waals surface area contributed by atoms with Crippen molar-refractivity contribution >= 4 is 35.9 Å². The van der Waals surface area contributed by atoms with Crippen LogP contribution in [0.3, 0.4) is 0 Å². The Kier molecular flexibility index (Phi) is 4.37. The number of carbonyl (C=O) groups excluding carboxylic acids is 2. The summed E-state index contributed by atoms with van der Waals surface area (Å²) in [6.45, 7) is 0. The van der Waals surface area contributed by atoms with Crippen molar-refractivity contribution in [1.29, 1.82) is 0 Å². The molecule has 0 saturated heterocycles. The van der Waals surface area contributed by atoms with Gasteiger partial charge in [-0.2, -0.15) is 0 Å². The Morgan fingerprint density at radius 2 is 1.06 bits per heavy atom. The van der Waals surface area contributed by atoms with Crippen molar-refractivity contribution in [2.24, 2.45) is 0 Å². The molecule has 0 radical (unpaired) electrons. The number of Topliss-reactive ketones (excluding diaryl/α,β-unsaturated/α-hetero) is 2. The third kappa shape index (κ3) is 2.91. The first kappa shape index (κ1) is 13.1. The molecule has 0 fully saturated rings. The molecule has 18 heavy (non-hydrogen) atoms. The normalized spacial score (nSPS) is 10.3. The maximum atomic E-state index is 12.2. The van der Waals surface area contributed by atoms with Crippen LogP contribution in [0, 0.1) is 0 Å². The fourth-order valence-corrected chi connectivity index (χ4v) is 3.73. The molecule has 0 saturated carbocycles. The topological polar surface area (TPSA) is 34.1 Å². The zero-order valence-corrected chi connectivity index (χ0v) is 15.9. The van der Waals surface area contributed by atoms with Crippen molar-refractivity contribution in [3.63, 3.8) is 0 Å². The van der Waals surface area contributed by atoms with Gasteiger partial charge in [0.15, 0.2) is 0 Å². The minimum atomic E-state index is -0.434. The zero-order chi connectivity index (χ0) is 13.0. The van der Waals surface area contributed by atoms with Crippen molar-refractivity contribution in [3.05, 3.63) is 71.8 Å². The fraction of sp³-hybridized carbons (Fsp3) is 0.0667. The average Bonchev–Trinajstić information content (AvgIpc) is 2.47. The van der Waals surface area contributed by atoms with Crippen molar-refractivity contribution in [2.45, 2.75) is 3.67 Å². The summed E-state index contributed by atoms with van der Waals surface area (Å²) in [6.07, 6.45) is 0. The monoisotopic (exact) mass is 340 g/mol. The number of benzene rings is 2. The van der Waals surface area contributed by atoms with E-state index in [4.69, 9.17) is 0 Å². The number of rotatable bonds is 4.